The molecule has 6 nitrogen and oxygen atoms in total. The molecule has 4 N–H and O–H groups in total. The Morgan fingerprint density at radius 2 is 1.82 bits per heavy atom. The van der Waals surface area contributed by atoms with Gasteiger partial charge in [0.1, 0.15) is 0 Å². The molecule has 0 radical (unpaired) electrons. The Balaban J connectivity index is 1.33. The van der Waals surface area contributed by atoms with Gasteiger partial charge in [-0.15, -0.1) is 0 Å². The number of nitrogens with zero attached hydrogens (tertiary/aromatic N) is 1. The maximum atomic E-state index is 13.1. The Labute approximate surface area is 197 Å². The first-order valence-corrected chi connectivity index (χ1v) is 12.3. The minimum atomic E-state index is -0.130. The van der Waals surface area contributed by atoms with Crippen LogP contribution in [0.2, 0.25) is 0 Å². The van der Waals surface area contributed by atoms with Crippen LogP contribution in [-0.2, 0) is 4.74 Å². The van der Waals surface area contributed by atoms with Gasteiger partial charge < -0.3 is 20.7 Å². The maximum absolute atomic E-state index is 13.1. The normalized spacial score (nSPS) is 16.9. The zero-order valence-corrected chi connectivity index (χ0v) is 19.2. The number of nitrogens with two attached hydrogens (primary N) is 1. The predicted octanol–water partition coefficient (Wildman–Crippen LogP) is 4.46. The summed E-state index contributed by atoms with van der Waals surface area (Å²) in [5, 5.41) is 16.1. The van der Waals surface area contributed by atoms with E-state index in [-0.39, 0.29) is 11.9 Å². The lowest BCUT2D eigenvalue weighted by Gasteiger charge is -2.29. The second-order valence-corrected chi connectivity index (χ2v) is 9.45. The number of carbonyl (C=O) groups is 1. The summed E-state index contributed by atoms with van der Waals surface area (Å²) in [4.78, 5) is 15.4. The highest BCUT2D eigenvalue weighted by Gasteiger charge is 2.34. The van der Waals surface area contributed by atoms with Gasteiger partial charge in [0.15, 0.2) is 0 Å². The Kier molecular flexibility index (Phi) is 6.15. The SMILES string of the molecule is N=C(c1ccc(N2CCOCC2)cc1)c1cc(C(=O)NC(c2ccsc2)C2CC2)ccc1N. The molecule has 1 unspecified atom stereocenters. The van der Waals surface area contributed by atoms with Crippen molar-refractivity contribution in [2.24, 2.45) is 5.92 Å². The number of nitrogen functional groups attached to an aromatic ring is 1. The number of ether oxygens (including phenoxy) is 1. The molecule has 33 heavy (non-hydrogen) atoms. The summed E-state index contributed by atoms with van der Waals surface area (Å²) in [6, 6.07) is 15.3. The number of morpholine rings is 1. The van der Waals surface area contributed by atoms with Crippen molar-refractivity contribution >= 4 is 34.3 Å². The first kappa shape index (κ1) is 21.7. The molecule has 1 aliphatic carbocycles. The van der Waals surface area contributed by atoms with Crippen molar-refractivity contribution in [2.45, 2.75) is 18.9 Å². The van der Waals surface area contributed by atoms with Crippen LogP contribution in [0, 0.1) is 11.3 Å². The third-order valence-electron chi connectivity index (χ3n) is 6.40. The van der Waals surface area contributed by atoms with E-state index in [1.807, 2.05) is 29.6 Å². The van der Waals surface area contributed by atoms with Gasteiger partial charge in [0.2, 0.25) is 0 Å². The number of nitrogens with one attached hydrogen (secondary N) is 2. The fourth-order valence-corrected chi connectivity index (χ4v) is 5.01. The summed E-state index contributed by atoms with van der Waals surface area (Å²) in [6.45, 7) is 3.20. The van der Waals surface area contributed by atoms with Crippen LogP contribution in [0.4, 0.5) is 11.4 Å². The van der Waals surface area contributed by atoms with Crippen LogP contribution in [0.5, 0.6) is 0 Å². The summed E-state index contributed by atoms with van der Waals surface area (Å²) in [7, 11) is 0. The largest absolute Gasteiger partial charge is 0.398 e. The van der Waals surface area contributed by atoms with Crippen molar-refractivity contribution in [3.8, 4) is 0 Å². The Morgan fingerprint density at radius 3 is 2.48 bits per heavy atom. The molecule has 2 heterocycles. The van der Waals surface area contributed by atoms with Crippen molar-refractivity contribution < 1.29 is 9.53 Å². The Hall–Kier alpha value is -3.16. The number of anilines is 2. The zero-order chi connectivity index (χ0) is 22.8. The topological polar surface area (TPSA) is 91.4 Å². The van der Waals surface area contributed by atoms with Gasteiger partial charge in [-0.3, -0.25) is 10.2 Å². The predicted molar refractivity (Wildman–Crippen MR) is 134 cm³/mol. The maximum Gasteiger partial charge on any atom is 0.251 e. The highest BCUT2D eigenvalue weighted by molar-refractivity contribution is 7.08. The fourth-order valence-electron chi connectivity index (χ4n) is 4.31. The summed E-state index contributed by atoms with van der Waals surface area (Å²) in [6.07, 6.45) is 2.28. The molecule has 1 atom stereocenters. The lowest BCUT2D eigenvalue weighted by atomic mass is 9.97. The molecule has 2 aromatic carbocycles. The summed E-state index contributed by atoms with van der Waals surface area (Å²) < 4.78 is 5.42. The molecule has 5 rings (SSSR count). The number of hydrogen-bond acceptors (Lipinski definition) is 6. The van der Waals surface area contributed by atoms with Gasteiger partial charge in [-0.25, -0.2) is 0 Å². The minimum Gasteiger partial charge on any atom is -0.398 e. The van der Waals surface area contributed by atoms with Gasteiger partial charge in [-0.1, -0.05) is 12.1 Å². The van der Waals surface area contributed by atoms with Crippen LogP contribution in [0.15, 0.2) is 59.3 Å². The van der Waals surface area contributed by atoms with Gasteiger partial charge in [0.25, 0.3) is 5.91 Å². The molecule has 2 aliphatic rings. The highest BCUT2D eigenvalue weighted by Crippen LogP contribution is 2.41. The molecule has 1 aromatic heterocycles. The Bertz CT molecular complexity index is 1130. The van der Waals surface area contributed by atoms with E-state index in [2.05, 4.69) is 21.7 Å². The van der Waals surface area contributed by atoms with Crippen molar-refractivity contribution in [3.63, 3.8) is 0 Å². The van der Waals surface area contributed by atoms with E-state index < -0.39 is 0 Å². The van der Waals surface area contributed by atoms with Crippen LogP contribution in [-0.4, -0.2) is 37.9 Å². The first-order valence-electron chi connectivity index (χ1n) is 11.3. The molecule has 2 fully saturated rings. The molecule has 1 saturated carbocycles. The molecular weight excluding hydrogens is 432 g/mol. The molecule has 170 valence electrons. The van der Waals surface area contributed by atoms with Crippen LogP contribution >= 0.6 is 11.3 Å². The van der Waals surface area contributed by atoms with Crippen LogP contribution < -0.4 is 16.0 Å². The van der Waals surface area contributed by atoms with Gasteiger partial charge in [0, 0.05) is 41.2 Å². The molecule has 7 heteroatoms. The second-order valence-electron chi connectivity index (χ2n) is 8.67. The van der Waals surface area contributed by atoms with E-state index in [0.29, 0.717) is 28.4 Å². The van der Waals surface area contributed by atoms with E-state index in [1.54, 1.807) is 29.5 Å². The summed E-state index contributed by atoms with van der Waals surface area (Å²) in [5.74, 6) is 0.370. The van der Waals surface area contributed by atoms with Crippen LogP contribution in [0.3, 0.4) is 0 Å². The molecule has 3 aromatic rings. The average Bonchev–Trinajstić information content (AvgIpc) is 3.56. The monoisotopic (exact) mass is 460 g/mol. The third-order valence-corrected chi connectivity index (χ3v) is 7.10. The van der Waals surface area contributed by atoms with Crippen molar-refractivity contribution in [1.82, 2.24) is 5.32 Å². The minimum absolute atomic E-state index is 0.0388. The quantitative estimate of drug-likeness (QED) is 0.358. The first-order chi connectivity index (χ1) is 16.1. The summed E-state index contributed by atoms with van der Waals surface area (Å²) in [5.41, 5.74) is 11.2. The molecule has 0 spiro atoms. The standard InChI is InChI=1S/C26H28N4O2S/c27-23-8-5-19(26(31)29-25(18-1-2-18)20-9-14-33-16-20)15-22(23)24(28)17-3-6-21(7-4-17)30-10-12-32-13-11-30/h3-9,14-16,18,25,28H,1-2,10-13,27H2,(H,29,31). The molecule has 1 amide bonds. The van der Waals surface area contributed by atoms with Gasteiger partial charge >= 0.3 is 0 Å². The fraction of sp³-hybridized carbons (Fsp3) is 0.308. The van der Waals surface area contributed by atoms with Gasteiger partial charge in [-0.2, -0.15) is 11.3 Å². The molecular formula is C26H28N4O2S. The number of thiophene rings is 1. The van der Waals surface area contributed by atoms with Crippen molar-refractivity contribution in [2.75, 3.05) is 36.9 Å². The van der Waals surface area contributed by atoms with Crippen molar-refractivity contribution in [1.29, 1.82) is 5.41 Å². The van der Waals surface area contributed by atoms with E-state index in [0.717, 1.165) is 50.4 Å². The molecule has 0 bridgehead atoms. The molecule has 1 saturated heterocycles. The lowest BCUT2D eigenvalue weighted by Crippen LogP contribution is -2.36. The van der Waals surface area contributed by atoms with Crippen LogP contribution in [0.25, 0.3) is 0 Å². The second kappa shape index (κ2) is 9.37. The average molecular weight is 461 g/mol. The number of hydrogen-bond donors (Lipinski definition) is 3. The number of benzene rings is 2. The Morgan fingerprint density at radius 1 is 1.09 bits per heavy atom. The van der Waals surface area contributed by atoms with Gasteiger partial charge in [-0.05, 0) is 71.5 Å². The van der Waals surface area contributed by atoms with Crippen LogP contribution in [0.1, 0.15) is 45.9 Å². The van der Waals surface area contributed by atoms with Gasteiger partial charge in [0.05, 0.1) is 25.0 Å². The smallest absolute Gasteiger partial charge is 0.251 e. The molecule has 1 aliphatic heterocycles. The van der Waals surface area contributed by atoms with E-state index >= 15 is 0 Å². The number of amides is 1. The number of rotatable bonds is 7. The van der Waals surface area contributed by atoms with E-state index in [9.17, 15) is 4.79 Å². The lowest BCUT2D eigenvalue weighted by molar-refractivity contribution is 0.0931. The van der Waals surface area contributed by atoms with Crippen molar-refractivity contribution in [3.05, 3.63) is 81.5 Å². The zero-order valence-electron chi connectivity index (χ0n) is 18.4. The number of carbonyl (C=O) groups excluding carboxylic acids is 1. The highest BCUT2D eigenvalue weighted by atomic mass is 32.1. The van der Waals surface area contributed by atoms with E-state index in [1.165, 1.54) is 5.56 Å². The third kappa shape index (κ3) is 4.79. The van der Waals surface area contributed by atoms with E-state index in [4.69, 9.17) is 15.9 Å². The summed E-state index contributed by atoms with van der Waals surface area (Å²) >= 11 is 1.65.